The van der Waals surface area contributed by atoms with Crippen molar-refractivity contribution >= 4 is 22.4 Å². The van der Waals surface area contributed by atoms with Crippen LogP contribution in [0.15, 0.2) is 90.3 Å². The number of benzene rings is 3. The first-order chi connectivity index (χ1) is 15.0. The number of hydrogen-bond acceptors (Lipinski definition) is 3. The van der Waals surface area contributed by atoms with Crippen molar-refractivity contribution in [3.05, 3.63) is 107 Å². The molecule has 0 aliphatic carbocycles. The average molecular weight is 431 g/mol. The molecule has 0 aliphatic heterocycles. The lowest BCUT2D eigenvalue weighted by atomic mass is 9.70. The molecule has 0 unspecified atom stereocenters. The topological polar surface area (TPSA) is 42.0 Å². The van der Waals surface area contributed by atoms with Crippen molar-refractivity contribution in [2.45, 2.75) is 19.8 Å². The van der Waals surface area contributed by atoms with Crippen LogP contribution in [-0.4, -0.2) is 10.9 Å². The monoisotopic (exact) mass is 430 g/mol. The number of amides is 1. The van der Waals surface area contributed by atoms with Gasteiger partial charge in [0.25, 0.3) is 0 Å². The lowest BCUT2D eigenvalue weighted by molar-refractivity contribution is -0.124. The molecule has 31 heavy (non-hydrogen) atoms. The highest BCUT2D eigenvalue weighted by Crippen LogP contribution is 2.42. The molecule has 0 spiro atoms. The molecule has 0 saturated heterocycles. The number of anilines is 1. The van der Waals surface area contributed by atoms with Crippen molar-refractivity contribution in [2.24, 2.45) is 5.41 Å². The van der Waals surface area contributed by atoms with E-state index < -0.39 is 5.41 Å². The first-order valence-electron chi connectivity index (χ1n) is 10.1. The van der Waals surface area contributed by atoms with E-state index in [-0.39, 0.29) is 17.6 Å². The number of aromatic nitrogens is 1. The quantitative estimate of drug-likeness (QED) is 0.368. The minimum atomic E-state index is -0.757. The number of rotatable bonds is 6. The van der Waals surface area contributed by atoms with E-state index >= 15 is 0 Å². The van der Waals surface area contributed by atoms with E-state index in [1.807, 2.05) is 74.5 Å². The second-order valence-electron chi connectivity index (χ2n) is 7.95. The molecule has 0 radical (unpaired) electrons. The summed E-state index contributed by atoms with van der Waals surface area (Å²) < 4.78 is 14.1. The first kappa shape index (κ1) is 20.9. The number of halogens is 1. The summed E-state index contributed by atoms with van der Waals surface area (Å²) in [6.07, 6.45) is 0. The zero-order valence-corrected chi connectivity index (χ0v) is 18.2. The Labute approximate surface area is 185 Å². The maximum absolute atomic E-state index is 14.1. The predicted octanol–water partition coefficient (Wildman–Crippen LogP) is 6.75. The van der Waals surface area contributed by atoms with Crippen LogP contribution in [0.5, 0.6) is 0 Å². The van der Waals surface area contributed by atoms with E-state index in [9.17, 15) is 9.18 Å². The third-order valence-corrected chi connectivity index (χ3v) is 6.20. The molecule has 0 atom stereocenters. The lowest BCUT2D eigenvalue weighted by Crippen LogP contribution is -2.37. The maximum Gasteiger partial charge on any atom is 0.232 e. The molecular formula is C26H23FN2OS. The molecule has 1 N–H and O–H groups in total. The van der Waals surface area contributed by atoms with Crippen LogP contribution in [0.3, 0.4) is 0 Å². The van der Waals surface area contributed by atoms with Crippen molar-refractivity contribution in [1.29, 1.82) is 0 Å². The zero-order valence-electron chi connectivity index (χ0n) is 17.4. The minimum absolute atomic E-state index is 0.138. The molecule has 4 aromatic rings. The maximum atomic E-state index is 14.1. The average Bonchev–Trinajstić information content (AvgIpc) is 3.24. The number of carbonyl (C=O) groups excluding carboxylic acids is 1. The molecule has 156 valence electrons. The summed E-state index contributed by atoms with van der Waals surface area (Å²) in [5, 5.41) is 5.17. The van der Waals surface area contributed by atoms with Gasteiger partial charge in [-0.25, -0.2) is 9.37 Å². The van der Waals surface area contributed by atoms with E-state index in [0.717, 1.165) is 11.1 Å². The molecule has 1 aromatic heterocycles. The van der Waals surface area contributed by atoms with Gasteiger partial charge in [-0.05, 0) is 23.3 Å². The van der Waals surface area contributed by atoms with Gasteiger partial charge >= 0.3 is 0 Å². The van der Waals surface area contributed by atoms with Crippen molar-refractivity contribution < 1.29 is 9.18 Å². The van der Waals surface area contributed by atoms with Gasteiger partial charge < -0.3 is 5.32 Å². The summed E-state index contributed by atoms with van der Waals surface area (Å²) in [7, 11) is 0. The van der Waals surface area contributed by atoms with Gasteiger partial charge in [-0.1, -0.05) is 86.6 Å². The molecule has 1 amide bonds. The molecule has 0 aliphatic rings. The van der Waals surface area contributed by atoms with E-state index in [1.54, 1.807) is 23.6 Å². The van der Waals surface area contributed by atoms with Crippen molar-refractivity contribution in [2.75, 3.05) is 5.32 Å². The Morgan fingerprint density at radius 2 is 1.45 bits per heavy atom. The van der Waals surface area contributed by atoms with Crippen LogP contribution in [0.1, 0.15) is 30.9 Å². The third-order valence-electron chi connectivity index (χ3n) is 5.45. The smallest absolute Gasteiger partial charge is 0.232 e. The fourth-order valence-corrected chi connectivity index (χ4v) is 4.54. The highest BCUT2D eigenvalue weighted by atomic mass is 32.1. The van der Waals surface area contributed by atoms with Crippen molar-refractivity contribution in [3.63, 3.8) is 0 Å². The van der Waals surface area contributed by atoms with E-state index in [0.29, 0.717) is 16.4 Å². The van der Waals surface area contributed by atoms with Crippen LogP contribution < -0.4 is 5.32 Å². The third kappa shape index (κ3) is 4.42. The lowest BCUT2D eigenvalue weighted by Gasteiger charge is -2.33. The van der Waals surface area contributed by atoms with E-state index in [2.05, 4.69) is 10.3 Å². The summed E-state index contributed by atoms with van der Waals surface area (Å²) in [4.78, 5) is 17.9. The second-order valence-corrected chi connectivity index (χ2v) is 8.81. The SMILES string of the molecule is CC(C)(C(=O)Nc1nc(-c2ccccc2F)cs1)C(c1ccccc1)c1ccccc1. The Kier molecular flexibility index (Phi) is 5.96. The Morgan fingerprint density at radius 1 is 0.903 bits per heavy atom. The predicted molar refractivity (Wildman–Crippen MR) is 125 cm³/mol. The Morgan fingerprint density at radius 3 is 2.03 bits per heavy atom. The standard InChI is InChI=1S/C26H23FN2OS/c1-26(2,23(18-11-5-3-6-12-18)19-13-7-4-8-14-19)24(30)29-25-28-22(17-31-25)20-15-9-10-16-21(20)27/h3-17,23H,1-2H3,(H,28,29,30). The Hall–Kier alpha value is -3.31. The molecule has 3 nitrogen and oxygen atoms in total. The fourth-order valence-electron chi connectivity index (χ4n) is 3.83. The number of hydrogen-bond donors (Lipinski definition) is 1. The van der Waals surface area contributed by atoms with Gasteiger partial charge in [-0.2, -0.15) is 0 Å². The highest BCUT2D eigenvalue weighted by molar-refractivity contribution is 7.14. The van der Waals surface area contributed by atoms with Crippen LogP contribution in [0, 0.1) is 11.2 Å². The van der Waals surface area contributed by atoms with Gasteiger partial charge in [0.2, 0.25) is 5.91 Å². The van der Waals surface area contributed by atoms with Gasteiger partial charge in [0, 0.05) is 16.9 Å². The van der Waals surface area contributed by atoms with Crippen LogP contribution in [0.25, 0.3) is 11.3 Å². The molecule has 0 fully saturated rings. The number of carbonyl (C=O) groups is 1. The van der Waals surface area contributed by atoms with Gasteiger partial charge in [0.1, 0.15) is 5.82 Å². The first-order valence-corrected chi connectivity index (χ1v) is 11.0. The van der Waals surface area contributed by atoms with Gasteiger partial charge in [-0.15, -0.1) is 11.3 Å². The Bertz CT molecular complexity index is 1130. The number of thiazole rings is 1. The minimum Gasteiger partial charge on any atom is -0.301 e. The van der Waals surface area contributed by atoms with Gasteiger partial charge in [-0.3, -0.25) is 4.79 Å². The largest absolute Gasteiger partial charge is 0.301 e. The second kappa shape index (κ2) is 8.82. The molecule has 3 aromatic carbocycles. The van der Waals surface area contributed by atoms with Crippen molar-refractivity contribution in [1.82, 2.24) is 4.98 Å². The molecule has 1 heterocycles. The Balaban J connectivity index is 1.63. The van der Waals surface area contributed by atoms with E-state index in [4.69, 9.17) is 0 Å². The van der Waals surface area contributed by atoms with Crippen molar-refractivity contribution in [3.8, 4) is 11.3 Å². The summed E-state index contributed by atoms with van der Waals surface area (Å²) in [6, 6.07) is 26.6. The van der Waals surface area contributed by atoms with Crippen LogP contribution >= 0.6 is 11.3 Å². The van der Waals surface area contributed by atoms with Gasteiger partial charge in [0.05, 0.1) is 11.1 Å². The molecule has 5 heteroatoms. The number of nitrogens with zero attached hydrogens (tertiary/aromatic N) is 1. The van der Waals surface area contributed by atoms with Crippen LogP contribution in [-0.2, 0) is 4.79 Å². The van der Waals surface area contributed by atoms with Crippen LogP contribution in [0.2, 0.25) is 0 Å². The summed E-state index contributed by atoms with van der Waals surface area (Å²) in [5.74, 6) is -0.611. The molecular weight excluding hydrogens is 407 g/mol. The van der Waals surface area contributed by atoms with Crippen LogP contribution in [0.4, 0.5) is 9.52 Å². The number of nitrogens with one attached hydrogen (secondary N) is 1. The highest BCUT2D eigenvalue weighted by Gasteiger charge is 2.39. The summed E-state index contributed by atoms with van der Waals surface area (Å²) in [6.45, 7) is 3.89. The summed E-state index contributed by atoms with van der Waals surface area (Å²) >= 11 is 1.29. The fraction of sp³-hybridized carbons (Fsp3) is 0.154. The molecule has 4 rings (SSSR count). The van der Waals surface area contributed by atoms with E-state index in [1.165, 1.54) is 17.4 Å². The zero-order chi connectivity index (χ0) is 21.8. The molecule has 0 bridgehead atoms. The van der Waals surface area contributed by atoms with Gasteiger partial charge in [0.15, 0.2) is 5.13 Å². The normalized spacial score (nSPS) is 11.5. The summed E-state index contributed by atoms with van der Waals surface area (Å²) in [5.41, 5.74) is 2.32. The molecule has 0 saturated carbocycles.